The molecule has 2 aliphatic rings. The van der Waals surface area contributed by atoms with Crippen molar-refractivity contribution in [3.05, 3.63) is 36.0 Å². The van der Waals surface area contributed by atoms with Gasteiger partial charge < -0.3 is 19.7 Å². The highest BCUT2D eigenvalue weighted by Gasteiger charge is 2.48. The highest BCUT2D eigenvalue weighted by atomic mass is 16.5. The number of carbonyl (C=O) groups excluding carboxylic acids is 2. The van der Waals surface area contributed by atoms with Gasteiger partial charge in [-0.25, -0.2) is 0 Å². The minimum Gasteiger partial charge on any atom is -0.497 e. The lowest BCUT2D eigenvalue weighted by Crippen LogP contribution is -2.65. The lowest BCUT2D eigenvalue weighted by atomic mass is 9.92. The average molecular weight is 483 g/mol. The lowest BCUT2D eigenvalue weighted by Gasteiger charge is -2.44. The van der Waals surface area contributed by atoms with E-state index in [9.17, 15) is 9.59 Å². The molecular formula is C27H38N4O4. The maximum atomic E-state index is 13.7. The number of ether oxygens (including phenoxy) is 2. The molecule has 0 spiro atoms. The molecule has 2 heterocycles. The third-order valence-corrected chi connectivity index (χ3v) is 7.34. The number of amides is 2. The molecule has 0 bridgehead atoms. The van der Waals surface area contributed by atoms with Crippen molar-refractivity contribution in [1.29, 1.82) is 0 Å². The largest absolute Gasteiger partial charge is 0.497 e. The second-order valence-corrected chi connectivity index (χ2v) is 9.89. The summed E-state index contributed by atoms with van der Waals surface area (Å²) in [6, 6.07) is 9.57. The Labute approximate surface area is 208 Å². The van der Waals surface area contributed by atoms with Crippen LogP contribution in [-0.2, 0) is 16.1 Å². The van der Waals surface area contributed by atoms with Crippen LogP contribution >= 0.6 is 0 Å². The Bertz CT molecular complexity index is 1010. The number of fused-ring (bicyclic) bond motifs is 1. The van der Waals surface area contributed by atoms with Crippen LogP contribution in [0.25, 0.3) is 11.3 Å². The molecule has 8 nitrogen and oxygen atoms in total. The first-order valence-electron chi connectivity index (χ1n) is 12.8. The number of hydrogen-bond acceptors (Lipinski definition) is 5. The van der Waals surface area contributed by atoms with Crippen molar-refractivity contribution in [3.8, 4) is 17.0 Å². The van der Waals surface area contributed by atoms with E-state index < -0.39 is 5.54 Å². The van der Waals surface area contributed by atoms with Gasteiger partial charge in [0.1, 0.15) is 17.0 Å². The quantitative estimate of drug-likeness (QED) is 0.574. The first-order chi connectivity index (χ1) is 17.0. The van der Waals surface area contributed by atoms with Gasteiger partial charge in [-0.3, -0.25) is 14.3 Å². The maximum absolute atomic E-state index is 13.7. The Hall–Kier alpha value is -2.87. The number of hydrogen-bond donors (Lipinski definition) is 1. The van der Waals surface area contributed by atoms with Crippen molar-refractivity contribution in [1.82, 2.24) is 20.0 Å². The van der Waals surface area contributed by atoms with Crippen LogP contribution in [0, 0.1) is 0 Å². The zero-order valence-electron chi connectivity index (χ0n) is 21.2. The zero-order chi connectivity index (χ0) is 24.8. The summed E-state index contributed by atoms with van der Waals surface area (Å²) in [4.78, 5) is 29.2. The number of aromatic nitrogens is 2. The van der Waals surface area contributed by atoms with Crippen molar-refractivity contribution in [2.24, 2.45) is 0 Å². The molecule has 0 saturated heterocycles. The fraction of sp³-hybridized carbons (Fsp3) is 0.593. The number of rotatable bonds is 8. The van der Waals surface area contributed by atoms with E-state index in [0.717, 1.165) is 37.0 Å². The van der Waals surface area contributed by atoms with Crippen LogP contribution in [0.3, 0.4) is 0 Å². The van der Waals surface area contributed by atoms with Crippen molar-refractivity contribution >= 4 is 11.8 Å². The van der Waals surface area contributed by atoms with Gasteiger partial charge in [0, 0.05) is 31.9 Å². The van der Waals surface area contributed by atoms with Crippen molar-refractivity contribution < 1.29 is 19.1 Å². The van der Waals surface area contributed by atoms with Crippen LogP contribution in [0.2, 0.25) is 0 Å². The second-order valence-electron chi connectivity index (χ2n) is 9.89. The summed E-state index contributed by atoms with van der Waals surface area (Å²) in [5, 5.41) is 8.03. The van der Waals surface area contributed by atoms with Gasteiger partial charge in [-0.2, -0.15) is 5.10 Å². The maximum Gasteiger partial charge on any atom is 0.273 e. The molecule has 1 aromatic heterocycles. The summed E-state index contributed by atoms with van der Waals surface area (Å²) < 4.78 is 12.2. The molecule has 1 saturated carbocycles. The van der Waals surface area contributed by atoms with Gasteiger partial charge >= 0.3 is 0 Å². The molecule has 8 heteroatoms. The molecule has 0 radical (unpaired) electrons. The number of carbonyl (C=O) groups is 2. The Kier molecular flexibility index (Phi) is 8.11. The summed E-state index contributed by atoms with van der Waals surface area (Å²) in [5.41, 5.74) is 1.08. The van der Waals surface area contributed by atoms with E-state index in [1.54, 1.807) is 23.8 Å². The number of benzene rings is 1. The highest BCUT2D eigenvalue weighted by molar-refractivity contribution is 6.00. The molecule has 1 unspecified atom stereocenters. The third kappa shape index (κ3) is 5.53. The van der Waals surface area contributed by atoms with E-state index in [-0.39, 0.29) is 17.9 Å². The van der Waals surface area contributed by atoms with Crippen LogP contribution in [0.5, 0.6) is 5.75 Å². The van der Waals surface area contributed by atoms with Crippen molar-refractivity contribution in [3.63, 3.8) is 0 Å². The molecular weight excluding hydrogens is 444 g/mol. The SMILES string of the molecule is COCCCN1C(=O)c2cc(-c3ccc(OC)cc3)nn2CC1(C)C(=O)NC1CCCCCCC1. The summed E-state index contributed by atoms with van der Waals surface area (Å²) >= 11 is 0. The van der Waals surface area contributed by atoms with Crippen LogP contribution in [0.1, 0.15) is 68.8 Å². The topological polar surface area (TPSA) is 85.7 Å². The first kappa shape index (κ1) is 25.2. The predicted octanol–water partition coefficient (Wildman–Crippen LogP) is 4.04. The Morgan fingerprint density at radius 3 is 2.46 bits per heavy atom. The fourth-order valence-electron chi connectivity index (χ4n) is 5.20. The van der Waals surface area contributed by atoms with Crippen molar-refractivity contribution in [2.45, 2.75) is 76.4 Å². The van der Waals surface area contributed by atoms with Crippen LogP contribution in [0.4, 0.5) is 0 Å². The van der Waals surface area contributed by atoms with E-state index >= 15 is 0 Å². The molecule has 1 fully saturated rings. The van der Waals surface area contributed by atoms with Crippen LogP contribution in [0.15, 0.2) is 30.3 Å². The minimum atomic E-state index is -1.02. The lowest BCUT2D eigenvalue weighted by molar-refractivity contribution is -0.134. The number of methoxy groups -OCH3 is 2. The highest BCUT2D eigenvalue weighted by Crippen LogP contribution is 2.31. The van der Waals surface area contributed by atoms with E-state index in [1.807, 2.05) is 37.3 Å². The van der Waals surface area contributed by atoms with Gasteiger partial charge in [0.15, 0.2) is 0 Å². The molecule has 1 aliphatic heterocycles. The molecule has 1 aromatic carbocycles. The van der Waals surface area contributed by atoms with E-state index in [4.69, 9.17) is 14.6 Å². The molecule has 1 atom stereocenters. The fourth-order valence-corrected chi connectivity index (χ4v) is 5.20. The first-order valence-corrected chi connectivity index (χ1v) is 12.8. The Balaban J connectivity index is 1.61. The average Bonchev–Trinajstić information content (AvgIpc) is 3.26. The van der Waals surface area contributed by atoms with Gasteiger partial charge in [-0.1, -0.05) is 32.1 Å². The monoisotopic (exact) mass is 482 g/mol. The van der Waals surface area contributed by atoms with Crippen LogP contribution in [-0.4, -0.2) is 65.4 Å². The smallest absolute Gasteiger partial charge is 0.273 e. The molecule has 4 rings (SSSR count). The normalized spacial score (nSPS) is 21.2. The minimum absolute atomic E-state index is 0.0963. The third-order valence-electron chi connectivity index (χ3n) is 7.34. The van der Waals surface area contributed by atoms with Gasteiger partial charge in [0.05, 0.1) is 19.3 Å². The van der Waals surface area contributed by atoms with Gasteiger partial charge in [0.25, 0.3) is 5.91 Å². The summed E-state index contributed by atoms with van der Waals surface area (Å²) in [6.07, 6.45) is 8.63. The van der Waals surface area contributed by atoms with Crippen LogP contribution < -0.4 is 10.1 Å². The zero-order valence-corrected chi connectivity index (χ0v) is 21.2. The van der Waals surface area contributed by atoms with E-state index in [1.165, 1.54) is 19.3 Å². The van der Waals surface area contributed by atoms with E-state index in [2.05, 4.69) is 5.32 Å². The molecule has 190 valence electrons. The summed E-state index contributed by atoms with van der Waals surface area (Å²) in [7, 11) is 3.28. The predicted molar refractivity (Wildman–Crippen MR) is 134 cm³/mol. The summed E-state index contributed by atoms with van der Waals surface area (Å²) in [6.45, 7) is 3.16. The second kappa shape index (κ2) is 11.2. The summed E-state index contributed by atoms with van der Waals surface area (Å²) in [5.74, 6) is 0.493. The van der Waals surface area contributed by atoms with Crippen molar-refractivity contribution in [2.75, 3.05) is 27.4 Å². The standard InChI is InChI=1S/C27H38N4O4/c1-27(26(33)28-21-10-7-5-4-6-8-11-21)19-31-24(25(32)30(27)16-9-17-34-2)18-23(29-31)20-12-14-22(35-3)15-13-20/h12-15,18,21H,4-11,16-17,19H2,1-3H3,(H,28,33). The molecule has 2 aromatic rings. The molecule has 1 aliphatic carbocycles. The van der Waals surface area contributed by atoms with Gasteiger partial charge in [0.2, 0.25) is 5.91 Å². The van der Waals surface area contributed by atoms with Gasteiger partial charge in [-0.05, 0) is 56.5 Å². The van der Waals surface area contributed by atoms with E-state index in [0.29, 0.717) is 37.5 Å². The Morgan fingerprint density at radius 1 is 1.11 bits per heavy atom. The molecule has 35 heavy (non-hydrogen) atoms. The molecule has 1 N–H and O–H groups in total. The van der Waals surface area contributed by atoms with Gasteiger partial charge in [-0.15, -0.1) is 0 Å². The number of nitrogens with one attached hydrogen (secondary N) is 1. The Morgan fingerprint density at radius 2 is 1.80 bits per heavy atom. The number of nitrogens with zero attached hydrogens (tertiary/aromatic N) is 3. The molecule has 2 amide bonds.